The first kappa shape index (κ1) is 19.4. The average Bonchev–Trinajstić information content (AvgIpc) is 3.14. The lowest BCUT2D eigenvalue weighted by molar-refractivity contribution is -0.136. The third-order valence-corrected chi connectivity index (χ3v) is 6.19. The normalized spacial score (nSPS) is 18.6. The Morgan fingerprint density at radius 1 is 1.07 bits per heavy atom. The zero-order valence-corrected chi connectivity index (χ0v) is 17.0. The number of anilines is 2. The summed E-state index contributed by atoms with van der Waals surface area (Å²) in [5.41, 5.74) is 3.00. The molecule has 1 N–H and O–H groups in total. The van der Waals surface area contributed by atoms with Gasteiger partial charge in [-0.2, -0.15) is 0 Å². The molecule has 1 fully saturated rings. The van der Waals surface area contributed by atoms with Gasteiger partial charge in [0.2, 0.25) is 0 Å². The van der Waals surface area contributed by atoms with Crippen LogP contribution in [0.4, 0.5) is 11.4 Å². The summed E-state index contributed by atoms with van der Waals surface area (Å²) in [7, 11) is 0. The summed E-state index contributed by atoms with van der Waals surface area (Å²) in [4.78, 5) is 40.3. The highest BCUT2D eigenvalue weighted by Crippen LogP contribution is 2.45. The van der Waals surface area contributed by atoms with Gasteiger partial charge in [-0.15, -0.1) is 0 Å². The van der Waals surface area contributed by atoms with Gasteiger partial charge in [-0.3, -0.25) is 24.2 Å². The number of amides is 2. The van der Waals surface area contributed by atoms with Crippen molar-refractivity contribution in [3.63, 3.8) is 0 Å². The summed E-state index contributed by atoms with van der Waals surface area (Å²) in [6, 6.07) is 14.4. The number of aliphatic carboxylic acids is 1. The van der Waals surface area contributed by atoms with E-state index in [4.69, 9.17) is 12.2 Å². The van der Waals surface area contributed by atoms with Crippen molar-refractivity contribution < 1.29 is 19.5 Å². The van der Waals surface area contributed by atoms with Crippen LogP contribution in [-0.2, 0) is 20.8 Å². The fourth-order valence-electron chi connectivity index (χ4n) is 3.41. The monoisotopic (exact) mass is 424 g/mol. The second kappa shape index (κ2) is 7.46. The van der Waals surface area contributed by atoms with Crippen molar-refractivity contribution in [2.75, 3.05) is 16.3 Å². The lowest BCUT2D eigenvalue weighted by Gasteiger charge is -2.15. The summed E-state index contributed by atoms with van der Waals surface area (Å²) in [5, 5.41) is 9.19. The number of para-hydroxylation sites is 1. The van der Waals surface area contributed by atoms with E-state index in [1.54, 1.807) is 24.3 Å². The van der Waals surface area contributed by atoms with E-state index in [0.29, 0.717) is 21.3 Å². The topological polar surface area (TPSA) is 77.9 Å². The molecule has 2 heterocycles. The first-order chi connectivity index (χ1) is 13.9. The summed E-state index contributed by atoms with van der Waals surface area (Å²) in [5.74, 6) is -2.01. The zero-order chi connectivity index (χ0) is 20.7. The molecule has 2 amide bonds. The highest BCUT2D eigenvalue weighted by molar-refractivity contribution is 8.27. The Hall–Kier alpha value is -2.97. The van der Waals surface area contributed by atoms with E-state index in [-0.39, 0.29) is 16.4 Å². The van der Waals surface area contributed by atoms with Crippen LogP contribution in [0, 0.1) is 0 Å². The molecule has 29 heavy (non-hydrogen) atoms. The van der Waals surface area contributed by atoms with Crippen molar-refractivity contribution in [1.29, 1.82) is 0 Å². The van der Waals surface area contributed by atoms with Crippen LogP contribution < -0.4 is 9.80 Å². The Bertz CT molecular complexity index is 1090. The molecule has 2 aliphatic rings. The van der Waals surface area contributed by atoms with Crippen molar-refractivity contribution >= 4 is 63.0 Å². The molecule has 0 spiro atoms. The third kappa shape index (κ3) is 3.24. The minimum Gasteiger partial charge on any atom is -0.480 e. The SMILES string of the molecule is CCc1ccc(N2C(=O)/C(=C3/C(=O)N(CC(=O)O)c4ccccc43)SC2=S)cc1. The number of aryl methyl sites for hydroxylation is 1. The number of carbonyl (C=O) groups is 3. The molecule has 0 unspecified atom stereocenters. The van der Waals surface area contributed by atoms with E-state index >= 15 is 0 Å². The molecule has 4 rings (SSSR count). The highest BCUT2D eigenvalue weighted by Gasteiger charge is 2.42. The number of thiocarbonyl (C=S) groups is 1. The maximum Gasteiger partial charge on any atom is 0.323 e. The van der Waals surface area contributed by atoms with Crippen molar-refractivity contribution in [3.05, 3.63) is 64.6 Å². The first-order valence-electron chi connectivity index (χ1n) is 8.95. The fraction of sp³-hybridized carbons (Fsp3) is 0.143. The van der Waals surface area contributed by atoms with Gasteiger partial charge in [0.25, 0.3) is 11.8 Å². The van der Waals surface area contributed by atoms with E-state index < -0.39 is 18.4 Å². The van der Waals surface area contributed by atoms with Gasteiger partial charge in [-0.25, -0.2) is 0 Å². The number of rotatable bonds is 4. The van der Waals surface area contributed by atoms with E-state index in [1.165, 1.54) is 9.80 Å². The quantitative estimate of drug-likeness (QED) is 0.598. The van der Waals surface area contributed by atoms with E-state index in [2.05, 4.69) is 0 Å². The van der Waals surface area contributed by atoms with Gasteiger partial charge in [0.15, 0.2) is 4.32 Å². The molecule has 0 saturated carbocycles. The molecule has 0 aromatic heterocycles. The van der Waals surface area contributed by atoms with Gasteiger partial charge in [0.05, 0.1) is 21.9 Å². The lowest BCUT2D eigenvalue weighted by atomic mass is 10.1. The molecule has 0 atom stereocenters. The van der Waals surface area contributed by atoms with Crippen LogP contribution in [0.15, 0.2) is 53.4 Å². The molecule has 6 nitrogen and oxygen atoms in total. The van der Waals surface area contributed by atoms with Crippen LogP contribution in [0.5, 0.6) is 0 Å². The summed E-state index contributed by atoms with van der Waals surface area (Å²) in [6.07, 6.45) is 0.882. The smallest absolute Gasteiger partial charge is 0.323 e. The number of fused-ring (bicyclic) bond motifs is 1. The van der Waals surface area contributed by atoms with Crippen molar-refractivity contribution in [3.8, 4) is 0 Å². The van der Waals surface area contributed by atoms with Crippen molar-refractivity contribution in [2.24, 2.45) is 0 Å². The third-order valence-electron chi connectivity index (χ3n) is 4.82. The molecule has 0 aliphatic carbocycles. The molecule has 0 bridgehead atoms. The van der Waals surface area contributed by atoms with Gasteiger partial charge in [-0.05, 0) is 30.2 Å². The molecule has 1 saturated heterocycles. The van der Waals surface area contributed by atoms with E-state index in [1.807, 2.05) is 31.2 Å². The van der Waals surface area contributed by atoms with Gasteiger partial charge in [0.1, 0.15) is 6.54 Å². The summed E-state index contributed by atoms with van der Waals surface area (Å²) < 4.78 is 0.337. The largest absolute Gasteiger partial charge is 0.480 e. The number of carboxylic acids is 1. The number of benzene rings is 2. The van der Waals surface area contributed by atoms with E-state index in [0.717, 1.165) is 23.7 Å². The van der Waals surface area contributed by atoms with Crippen molar-refractivity contribution in [1.82, 2.24) is 0 Å². The van der Waals surface area contributed by atoms with Gasteiger partial charge < -0.3 is 5.11 Å². The molecule has 2 aromatic rings. The molecule has 2 aliphatic heterocycles. The molecular weight excluding hydrogens is 408 g/mol. The minimum atomic E-state index is -1.13. The number of carboxylic acid groups (broad SMARTS) is 1. The Balaban J connectivity index is 1.79. The summed E-state index contributed by atoms with van der Waals surface area (Å²) in [6.45, 7) is 1.57. The molecule has 0 radical (unpaired) electrons. The number of nitrogens with zero attached hydrogens (tertiary/aromatic N) is 2. The molecular formula is C21H16N2O4S2. The van der Waals surface area contributed by atoms with Gasteiger partial charge >= 0.3 is 5.97 Å². The molecule has 146 valence electrons. The van der Waals surface area contributed by atoms with Crippen LogP contribution in [0.25, 0.3) is 5.57 Å². The van der Waals surface area contributed by atoms with Crippen molar-refractivity contribution in [2.45, 2.75) is 13.3 Å². The zero-order valence-electron chi connectivity index (χ0n) is 15.4. The number of thioether (sulfide) groups is 1. The van der Waals surface area contributed by atoms with Gasteiger partial charge in [-0.1, -0.05) is 61.2 Å². The number of carbonyl (C=O) groups excluding carboxylic acids is 2. The van der Waals surface area contributed by atoms with Gasteiger partial charge in [0, 0.05) is 5.56 Å². The van der Waals surface area contributed by atoms with Crippen LogP contribution in [0.2, 0.25) is 0 Å². The molecule has 2 aromatic carbocycles. The van der Waals surface area contributed by atoms with Crippen LogP contribution in [-0.4, -0.2) is 33.8 Å². The predicted molar refractivity (Wildman–Crippen MR) is 117 cm³/mol. The van der Waals surface area contributed by atoms with E-state index in [9.17, 15) is 19.5 Å². The Labute approximate surface area is 176 Å². The second-order valence-electron chi connectivity index (χ2n) is 6.53. The predicted octanol–water partition coefficient (Wildman–Crippen LogP) is 3.46. The Morgan fingerprint density at radius 2 is 1.76 bits per heavy atom. The van der Waals surface area contributed by atoms with Crippen LogP contribution in [0.1, 0.15) is 18.1 Å². The lowest BCUT2D eigenvalue weighted by Crippen LogP contribution is -2.32. The second-order valence-corrected chi connectivity index (χ2v) is 8.18. The maximum absolute atomic E-state index is 13.2. The maximum atomic E-state index is 13.2. The fourth-order valence-corrected chi connectivity index (χ4v) is 4.78. The molecule has 8 heteroatoms. The summed E-state index contributed by atoms with van der Waals surface area (Å²) >= 11 is 6.49. The standard InChI is InChI=1S/C21H16N2O4S2/c1-2-12-7-9-13(10-8-12)23-20(27)18(29-21(23)28)17-14-5-3-4-6-15(14)22(19(17)26)11-16(24)25/h3-10H,2,11H2,1H3,(H,24,25)/b18-17-. The first-order valence-corrected chi connectivity index (χ1v) is 10.2. The minimum absolute atomic E-state index is 0.201. The Morgan fingerprint density at radius 3 is 2.41 bits per heavy atom. The van der Waals surface area contributed by atoms with Crippen LogP contribution >= 0.6 is 24.0 Å². The highest BCUT2D eigenvalue weighted by atomic mass is 32.2. The number of hydrogen-bond donors (Lipinski definition) is 1. The number of hydrogen-bond acceptors (Lipinski definition) is 5. The van der Waals surface area contributed by atoms with Crippen LogP contribution in [0.3, 0.4) is 0 Å². The average molecular weight is 425 g/mol. The Kier molecular flexibility index (Phi) is 4.97.